The molecule has 1 saturated carbocycles. The molecule has 1 aromatic carbocycles. The average molecular weight is 326 g/mol. The normalized spacial score (nSPS) is 25.4. The maximum Gasteiger partial charge on any atom is 0.128 e. The fourth-order valence-corrected chi connectivity index (χ4v) is 3.69. The molecule has 19 heavy (non-hydrogen) atoms. The molecule has 0 saturated heterocycles. The van der Waals surface area contributed by atoms with Crippen LogP contribution < -0.4 is 10.5 Å². The van der Waals surface area contributed by atoms with E-state index in [1.807, 2.05) is 0 Å². The van der Waals surface area contributed by atoms with Crippen LogP contribution in [0.3, 0.4) is 0 Å². The van der Waals surface area contributed by atoms with Gasteiger partial charge in [0, 0.05) is 16.5 Å². The largest absolute Gasteiger partial charge is 0.493 e. The Hall–Kier alpha value is -0.580. The van der Waals surface area contributed by atoms with Crippen molar-refractivity contribution in [2.45, 2.75) is 38.4 Å². The van der Waals surface area contributed by atoms with Gasteiger partial charge in [-0.1, -0.05) is 22.4 Å². The molecule has 4 heteroatoms. The van der Waals surface area contributed by atoms with Crippen LogP contribution in [0, 0.1) is 5.92 Å². The topological polar surface area (TPSA) is 44.5 Å². The van der Waals surface area contributed by atoms with Gasteiger partial charge in [-0.3, -0.25) is 0 Å². The SMILES string of the molecule is NCC1CCCC1OCc1cc(Br)cc2c1OCC2. The Bertz CT molecular complexity index is 464. The fraction of sp³-hybridized carbons (Fsp3) is 0.600. The maximum atomic E-state index is 6.09. The number of benzene rings is 1. The molecule has 3 rings (SSSR count). The van der Waals surface area contributed by atoms with Crippen molar-refractivity contribution in [3.63, 3.8) is 0 Å². The molecule has 104 valence electrons. The molecule has 2 unspecified atom stereocenters. The third-order valence-corrected chi connectivity index (χ3v) is 4.63. The Morgan fingerprint density at radius 1 is 1.37 bits per heavy atom. The summed E-state index contributed by atoms with van der Waals surface area (Å²) in [5.74, 6) is 1.56. The maximum absolute atomic E-state index is 6.09. The molecule has 0 spiro atoms. The molecule has 1 aromatic rings. The van der Waals surface area contributed by atoms with Gasteiger partial charge < -0.3 is 15.2 Å². The van der Waals surface area contributed by atoms with Crippen LogP contribution in [0.1, 0.15) is 30.4 Å². The van der Waals surface area contributed by atoms with Crippen LogP contribution in [0.2, 0.25) is 0 Å². The predicted octanol–water partition coefficient (Wildman–Crippen LogP) is 3.03. The standard InChI is InChI=1S/C15H20BrNO2/c16-13-6-10-4-5-18-15(10)12(7-13)9-19-14-3-1-2-11(14)8-17/h6-7,11,14H,1-5,8-9,17H2. The Morgan fingerprint density at radius 2 is 2.26 bits per heavy atom. The molecule has 0 bridgehead atoms. The third-order valence-electron chi connectivity index (χ3n) is 4.17. The zero-order chi connectivity index (χ0) is 13.2. The Kier molecular flexibility index (Phi) is 4.10. The Morgan fingerprint density at radius 3 is 3.11 bits per heavy atom. The van der Waals surface area contributed by atoms with E-state index in [1.165, 1.54) is 18.4 Å². The smallest absolute Gasteiger partial charge is 0.128 e. The Balaban J connectivity index is 1.70. The number of ether oxygens (including phenoxy) is 2. The second kappa shape index (κ2) is 5.81. The van der Waals surface area contributed by atoms with Gasteiger partial charge in [0.25, 0.3) is 0 Å². The molecule has 2 N–H and O–H groups in total. The first-order valence-corrected chi connectivity index (χ1v) is 7.83. The molecular weight excluding hydrogens is 306 g/mol. The minimum Gasteiger partial charge on any atom is -0.493 e. The Labute approximate surface area is 122 Å². The van der Waals surface area contributed by atoms with Crippen molar-refractivity contribution in [1.82, 2.24) is 0 Å². The van der Waals surface area contributed by atoms with Gasteiger partial charge in [-0.2, -0.15) is 0 Å². The highest BCUT2D eigenvalue weighted by molar-refractivity contribution is 9.10. The highest BCUT2D eigenvalue weighted by atomic mass is 79.9. The van der Waals surface area contributed by atoms with Crippen LogP contribution in [0.4, 0.5) is 0 Å². The second-order valence-corrected chi connectivity index (χ2v) is 6.34. The minimum absolute atomic E-state index is 0.320. The lowest BCUT2D eigenvalue weighted by Crippen LogP contribution is -2.25. The van der Waals surface area contributed by atoms with E-state index in [1.54, 1.807) is 0 Å². The molecular formula is C15H20BrNO2. The van der Waals surface area contributed by atoms with Gasteiger partial charge >= 0.3 is 0 Å². The van der Waals surface area contributed by atoms with Crippen LogP contribution in [-0.2, 0) is 17.8 Å². The van der Waals surface area contributed by atoms with E-state index in [-0.39, 0.29) is 0 Å². The summed E-state index contributed by atoms with van der Waals surface area (Å²) in [5, 5.41) is 0. The van der Waals surface area contributed by atoms with Crippen LogP contribution >= 0.6 is 15.9 Å². The molecule has 2 atom stereocenters. The van der Waals surface area contributed by atoms with E-state index in [2.05, 4.69) is 28.1 Å². The molecule has 0 aromatic heterocycles. The number of hydrogen-bond acceptors (Lipinski definition) is 3. The highest BCUT2D eigenvalue weighted by Crippen LogP contribution is 2.35. The number of halogens is 1. The van der Waals surface area contributed by atoms with Crippen LogP contribution in [0.15, 0.2) is 16.6 Å². The zero-order valence-corrected chi connectivity index (χ0v) is 12.6. The molecule has 1 heterocycles. The number of nitrogens with two attached hydrogens (primary N) is 1. The fourth-order valence-electron chi connectivity index (χ4n) is 3.14. The predicted molar refractivity (Wildman–Crippen MR) is 78.3 cm³/mol. The lowest BCUT2D eigenvalue weighted by molar-refractivity contribution is 0.0174. The minimum atomic E-state index is 0.320. The van der Waals surface area contributed by atoms with Gasteiger partial charge in [0.2, 0.25) is 0 Å². The molecule has 0 amide bonds. The molecule has 1 aliphatic heterocycles. The molecule has 0 radical (unpaired) electrons. The summed E-state index contributed by atoms with van der Waals surface area (Å²) in [7, 11) is 0. The van der Waals surface area contributed by atoms with E-state index in [0.717, 1.165) is 41.8 Å². The summed E-state index contributed by atoms with van der Waals surface area (Å²) in [6.07, 6.45) is 4.89. The third kappa shape index (κ3) is 2.81. The van der Waals surface area contributed by atoms with Crippen molar-refractivity contribution >= 4 is 15.9 Å². The van der Waals surface area contributed by atoms with Gasteiger partial charge in [0.05, 0.1) is 19.3 Å². The summed E-state index contributed by atoms with van der Waals surface area (Å²) in [4.78, 5) is 0. The van der Waals surface area contributed by atoms with Gasteiger partial charge in [-0.25, -0.2) is 0 Å². The summed E-state index contributed by atoms with van der Waals surface area (Å²) >= 11 is 3.56. The molecule has 2 aliphatic rings. The van der Waals surface area contributed by atoms with Crippen LogP contribution in [-0.4, -0.2) is 19.3 Å². The van der Waals surface area contributed by atoms with Crippen molar-refractivity contribution in [3.05, 3.63) is 27.7 Å². The number of fused-ring (bicyclic) bond motifs is 1. The lowest BCUT2D eigenvalue weighted by Gasteiger charge is -2.19. The van der Waals surface area contributed by atoms with Crippen LogP contribution in [0.25, 0.3) is 0 Å². The second-order valence-electron chi connectivity index (χ2n) is 5.43. The monoisotopic (exact) mass is 325 g/mol. The van der Waals surface area contributed by atoms with Crippen molar-refractivity contribution in [1.29, 1.82) is 0 Å². The quantitative estimate of drug-likeness (QED) is 0.925. The lowest BCUT2D eigenvalue weighted by atomic mass is 10.1. The number of hydrogen-bond donors (Lipinski definition) is 1. The number of rotatable bonds is 4. The van der Waals surface area contributed by atoms with Crippen LogP contribution in [0.5, 0.6) is 5.75 Å². The van der Waals surface area contributed by atoms with E-state index in [4.69, 9.17) is 15.2 Å². The zero-order valence-electron chi connectivity index (χ0n) is 11.0. The van der Waals surface area contributed by atoms with Crippen molar-refractivity contribution < 1.29 is 9.47 Å². The highest BCUT2D eigenvalue weighted by Gasteiger charge is 2.27. The van der Waals surface area contributed by atoms with E-state index in [9.17, 15) is 0 Å². The summed E-state index contributed by atoms with van der Waals surface area (Å²) in [5.41, 5.74) is 8.24. The molecule has 3 nitrogen and oxygen atoms in total. The molecule has 1 aliphatic carbocycles. The van der Waals surface area contributed by atoms with Crippen molar-refractivity contribution in [3.8, 4) is 5.75 Å². The summed E-state index contributed by atoms with van der Waals surface area (Å²) in [6.45, 7) is 2.15. The van der Waals surface area contributed by atoms with E-state index in [0.29, 0.717) is 18.6 Å². The van der Waals surface area contributed by atoms with Gasteiger partial charge in [-0.15, -0.1) is 0 Å². The van der Waals surface area contributed by atoms with Crippen molar-refractivity contribution in [2.75, 3.05) is 13.2 Å². The first kappa shape index (κ1) is 13.4. The first-order chi connectivity index (χ1) is 9.28. The van der Waals surface area contributed by atoms with E-state index >= 15 is 0 Å². The summed E-state index contributed by atoms with van der Waals surface area (Å²) < 4.78 is 12.9. The van der Waals surface area contributed by atoms with Gasteiger partial charge in [-0.05, 0) is 43.0 Å². The van der Waals surface area contributed by atoms with E-state index < -0.39 is 0 Å². The van der Waals surface area contributed by atoms with Gasteiger partial charge in [0.15, 0.2) is 0 Å². The first-order valence-electron chi connectivity index (χ1n) is 7.03. The average Bonchev–Trinajstić information content (AvgIpc) is 3.03. The summed E-state index contributed by atoms with van der Waals surface area (Å²) in [6, 6.07) is 4.25. The van der Waals surface area contributed by atoms with Crippen molar-refractivity contribution in [2.24, 2.45) is 11.7 Å². The molecule has 1 fully saturated rings. The van der Waals surface area contributed by atoms with Gasteiger partial charge in [0.1, 0.15) is 5.75 Å².